The first-order valence-electron chi connectivity index (χ1n) is 15.7. The minimum atomic E-state index is -0.467. The molecule has 52 heavy (non-hydrogen) atoms. The molecule has 1 saturated carbocycles. The van der Waals surface area contributed by atoms with Crippen LogP contribution in [-0.2, 0) is 5.41 Å². The van der Waals surface area contributed by atoms with Crippen LogP contribution in [0.1, 0.15) is 75.1 Å². The van der Waals surface area contributed by atoms with Crippen LogP contribution in [0, 0.1) is 45.3 Å². The van der Waals surface area contributed by atoms with Crippen molar-refractivity contribution >= 4 is 113 Å². The van der Waals surface area contributed by atoms with Crippen LogP contribution >= 0.6 is 69.1 Å². The molecule has 1 fully saturated rings. The molecule has 0 amide bonds. The average Bonchev–Trinajstić information content (AvgIpc) is 3.91. The molecule has 4 aliphatic carbocycles. The third-order valence-electron chi connectivity index (χ3n) is 9.83. The molecule has 0 radical (unpaired) electrons. The Morgan fingerprint density at radius 3 is 1.31 bits per heavy atom. The van der Waals surface area contributed by atoms with E-state index in [1.807, 2.05) is 36.4 Å². The standard InChI is InChI=1S/C38H16Cl4N6O2S2/c39-24-6-18-20(8-26(24)41)34(49)32(30(18)16(12-43)13-44)47-28-10-22-36(51-28)37-23(38(22)4-2-1-3-5-38)11-29(52-37)48-33-31(17(14-45)15-46)19-7-25(40)27(42)9-21(19)35(33)50/h6-11H,1-5H2. The fraction of sp³-hybridized carbons (Fsp3) is 0.158. The first kappa shape index (κ1) is 34.2. The number of aliphatic imine (C=N–C) groups is 2. The van der Waals surface area contributed by atoms with E-state index in [-0.39, 0.29) is 70.3 Å². The number of carbonyl (C=O) groups excluding carboxylic acids is 2. The minimum absolute atomic E-state index is 0.0350. The highest BCUT2D eigenvalue weighted by Gasteiger charge is 2.47. The normalized spacial score (nSPS) is 17.8. The molecular weight excluding hydrogens is 778 g/mol. The predicted octanol–water partition coefficient (Wildman–Crippen LogP) is 11.2. The van der Waals surface area contributed by atoms with Crippen molar-refractivity contribution in [2.75, 3.05) is 0 Å². The molecule has 0 saturated heterocycles. The molecule has 8 nitrogen and oxygen atoms in total. The molecule has 1 spiro atoms. The highest BCUT2D eigenvalue weighted by Crippen LogP contribution is 2.63. The van der Waals surface area contributed by atoms with Crippen LogP contribution in [0.2, 0.25) is 20.1 Å². The number of allylic oxidation sites excluding steroid dienone is 4. The molecular formula is C38H16Cl4N6O2S2. The molecule has 0 unspecified atom stereocenters. The van der Waals surface area contributed by atoms with Crippen LogP contribution in [0.4, 0.5) is 10.0 Å². The van der Waals surface area contributed by atoms with Crippen LogP contribution in [0.25, 0.3) is 20.9 Å². The number of fused-ring (bicyclic) bond motifs is 7. The third kappa shape index (κ3) is 4.96. The lowest BCUT2D eigenvalue weighted by Crippen LogP contribution is -2.27. The number of hydrogen-bond donors (Lipinski definition) is 0. The first-order valence-corrected chi connectivity index (χ1v) is 18.8. The van der Waals surface area contributed by atoms with Crippen LogP contribution in [-0.4, -0.2) is 23.0 Å². The van der Waals surface area contributed by atoms with Crippen molar-refractivity contribution in [3.63, 3.8) is 0 Å². The van der Waals surface area contributed by atoms with Gasteiger partial charge in [0, 0.05) is 27.7 Å². The fourth-order valence-corrected chi connectivity index (χ4v) is 10.7. The molecule has 250 valence electrons. The quantitative estimate of drug-likeness (QED) is 0.184. The van der Waals surface area contributed by atoms with Gasteiger partial charge in [-0.1, -0.05) is 65.7 Å². The number of nitrogens with zero attached hydrogens (tertiary/aromatic N) is 6. The predicted molar refractivity (Wildman–Crippen MR) is 204 cm³/mol. The lowest BCUT2D eigenvalue weighted by atomic mass is 9.68. The summed E-state index contributed by atoms with van der Waals surface area (Å²) in [6.07, 6.45) is 4.80. The van der Waals surface area contributed by atoms with Gasteiger partial charge in [-0.05, 0) is 71.5 Å². The second-order valence-corrected chi connectivity index (χ2v) is 16.1. The van der Waals surface area contributed by atoms with E-state index in [4.69, 9.17) is 56.4 Å². The second-order valence-electron chi connectivity index (χ2n) is 12.4. The van der Waals surface area contributed by atoms with E-state index in [1.54, 1.807) is 0 Å². The van der Waals surface area contributed by atoms with E-state index in [0.29, 0.717) is 21.1 Å². The molecule has 8 rings (SSSR count). The molecule has 14 heteroatoms. The summed E-state index contributed by atoms with van der Waals surface area (Å²) in [5.41, 5.74) is 2.51. The number of thiophene rings is 2. The van der Waals surface area contributed by atoms with E-state index < -0.39 is 11.6 Å². The maximum absolute atomic E-state index is 13.7. The maximum atomic E-state index is 13.7. The van der Waals surface area contributed by atoms with Crippen LogP contribution in [0.15, 0.2) is 57.5 Å². The monoisotopic (exact) mass is 792 g/mol. The zero-order valence-electron chi connectivity index (χ0n) is 26.3. The number of benzene rings is 2. The van der Waals surface area contributed by atoms with Gasteiger partial charge in [-0.3, -0.25) is 9.59 Å². The van der Waals surface area contributed by atoms with Crippen molar-refractivity contribution in [3.8, 4) is 34.0 Å². The Hall–Kier alpha value is -4.88. The van der Waals surface area contributed by atoms with Gasteiger partial charge >= 0.3 is 0 Å². The Morgan fingerprint density at radius 2 is 0.942 bits per heavy atom. The molecule has 2 heterocycles. The minimum Gasteiger partial charge on any atom is -0.287 e. The first-order chi connectivity index (χ1) is 25.0. The number of nitriles is 4. The van der Waals surface area contributed by atoms with Crippen molar-refractivity contribution in [1.29, 1.82) is 21.0 Å². The number of rotatable bonds is 2. The zero-order valence-corrected chi connectivity index (χ0v) is 31.0. The van der Waals surface area contributed by atoms with Crippen LogP contribution < -0.4 is 0 Å². The summed E-state index contributed by atoms with van der Waals surface area (Å²) in [6.45, 7) is 0. The Morgan fingerprint density at radius 1 is 0.577 bits per heavy atom. The Kier molecular flexibility index (Phi) is 8.33. The van der Waals surface area contributed by atoms with Crippen molar-refractivity contribution < 1.29 is 9.59 Å². The third-order valence-corrected chi connectivity index (χ3v) is 13.5. The van der Waals surface area contributed by atoms with Crippen LogP contribution in [0.3, 0.4) is 0 Å². The Balaban J connectivity index is 1.28. The van der Waals surface area contributed by atoms with E-state index >= 15 is 0 Å². The van der Waals surface area contributed by atoms with Gasteiger partial charge in [0.2, 0.25) is 11.6 Å². The number of halogens is 4. The van der Waals surface area contributed by atoms with Gasteiger partial charge in [-0.2, -0.15) is 21.0 Å². The smallest absolute Gasteiger partial charge is 0.212 e. The van der Waals surface area contributed by atoms with Gasteiger partial charge in [-0.25, -0.2) is 9.98 Å². The molecule has 2 aromatic carbocycles. The summed E-state index contributed by atoms with van der Waals surface area (Å²) in [6, 6.07) is 17.4. The molecule has 4 aliphatic rings. The summed E-state index contributed by atoms with van der Waals surface area (Å²) < 4.78 is 0. The molecule has 0 atom stereocenters. The van der Waals surface area contributed by atoms with Crippen LogP contribution in [0.5, 0.6) is 0 Å². The SMILES string of the molecule is N#CC(C#N)=C1C(=Nc2cc3c(s2)-c2sc(N=C4C(=O)c5cc(Cl)c(Cl)cc5C4=C(C#N)C#N)cc2C32CCCCC2)C(=O)c2cc(Cl)c(Cl)cc21. The van der Waals surface area contributed by atoms with Crippen molar-refractivity contribution in [2.24, 2.45) is 9.98 Å². The largest absolute Gasteiger partial charge is 0.287 e. The van der Waals surface area contributed by atoms with Gasteiger partial charge < -0.3 is 0 Å². The van der Waals surface area contributed by atoms with Crippen molar-refractivity contribution in [1.82, 2.24) is 0 Å². The summed E-state index contributed by atoms with van der Waals surface area (Å²) in [5.74, 6) is -0.935. The maximum Gasteiger partial charge on any atom is 0.212 e. The lowest BCUT2D eigenvalue weighted by molar-refractivity contribution is 0.106. The number of ketones is 2. The molecule has 4 aromatic rings. The lowest BCUT2D eigenvalue weighted by Gasteiger charge is -2.34. The average molecular weight is 795 g/mol. The zero-order chi connectivity index (χ0) is 36.6. The summed E-state index contributed by atoms with van der Waals surface area (Å²) in [5, 5.41) is 41.0. The van der Waals surface area contributed by atoms with Gasteiger partial charge in [-0.15, -0.1) is 22.7 Å². The second kappa shape index (κ2) is 12.7. The Labute approximate surface area is 324 Å². The van der Waals surface area contributed by atoms with Gasteiger partial charge in [0.05, 0.1) is 29.8 Å². The van der Waals surface area contributed by atoms with E-state index in [1.165, 1.54) is 46.9 Å². The number of hydrogen-bond acceptors (Lipinski definition) is 10. The van der Waals surface area contributed by atoms with Gasteiger partial charge in [0.1, 0.15) is 56.8 Å². The summed E-state index contributed by atoms with van der Waals surface area (Å²) in [4.78, 5) is 39.0. The highest BCUT2D eigenvalue weighted by molar-refractivity contribution is 7.26. The molecule has 0 aliphatic heterocycles. The Bertz CT molecular complexity index is 2490. The van der Waals surface area contributed by atoms with Crippen molar-refractivity contribution in [3.05, 3.63) is 101 Å². The van der Waals surface area contributed by atoms with Crippen molar-refractivity contribution in [2.45, 2.75) is 37.5 Å². The molecule has 0 N–H and O–H groups in total. The number of Topliss-reactive ketones (excluding diaryl/α,β-unsaturated/α-hetero) is 2. The van der Waals surface area contributed by atoms with E-state index in [2.05, 4.69) is 0 Å². The summed E-state index contributed by atoms with van der Waals surface area (Å²) >= 11 is 27.8. The summed E-state index contributed by atoms with van der Waals surface area (Å²) in [7, 11) is 0. The molecule has 0 bridgehead atoms. The molecule has 2 aromatic heterocycles. The van der Waals surface area contributed by atoms with E-state index in [9.17, 15) is 30.6 Å². The number of carbonyl (C=O) groups is 2. The fourth-order valence-electron chi connectivity index (χ4n) is 7.59. The van der Waals surface area contributed by atoms with Gasteiger partial charge in [0.15, 0.2) is 0 Å². The van der Waals surface area contributed by atoms with Gasteiger partial charge in [0.25, 0.3) is 0 Å². The highest BCUT2D eigenvalue weighted by atomic mass is 35.5. The topological polar surface area (TPSA) is 154 Å². The van der Waals surface area contributed by atoms with E-state index in [0.717, 1.165) is 53.0 Å².